The van der Waals surface area contributed by atoms with Crippen LogP contribution in [0.15, 0.2) is 54.6 Å². The summed E-state index contributed by atoms with van der Waals surface area (Å²) in [6, 6.07) is 15.8. The molecule has 8 heteroatoms. The summed E-state index contributed by atoms with van der Waals surface area (Å²) in [4.78, 5) is 43.4. The number of benzene rings is 3. The van der Waals surface area contributed by atoms with Crippen LogP contribution in [-0.2, 0) is 16.1 Å². The van der Waals surface area contributed by atoms with Crippen LogP contribution < -0.4 is 10.2 Å². The fourth-order valence-corrected chi connectivity index (χ4v) is 5.67. The predicted molar refractivity (Wildman–Crippen MR) is 147 cm³/mol. The van der Waals surface area contributed by atoms with Gasteiger partial charge in [-0.3, -0.25) is 19.3 Å². The molecule has 3 aromatic rings. The minimum absolute atomic E-state index is 0.123. The molecule has 37 heavy (non-hydrogen) atoms. The van der Waals surface area contributed by atoms with Crippen molar-refractivity contribution >= 4 is 57.4 Å². The molecule has 1 heterocycles. The van der Waals surface area contributed by atoms with Crippen molar-refractivity contribution < 1.29 is 14.4 Å². The average Bonchev–Trinajstić information content (AvgIpc) is 3.17. The first-order chi connectivity index (χ1) is 17.8. The summed E-state index contributed by atoms with van der Waals surface area (Å²) >= 11 is 12.3. The third kappa shape index (κ3) is 5.18. The van der Waals surface area contributed by atoms with Crippen LogP contribution in [0.1, 0.15) is 54.9 Å². The molecule has 0 bridgehead atoms. The monoisotopic (exact) mass is 537 g/mol. The lowest BCUT2D eigenvalue weighted by molar-refractivity contribution is -0.139. The van der Waals surface area contributed by atoms with E-state index < -0.39 is 6.04 Å². The number of rotatable bonds is 7. The van der Waals surface area contributed by atoms with Crippen molar-refractivity contribution in [3.63, 3.8) is 0 Å². The van der Waals surface area contributed by atoms with Gasteiger partial charge in [-0.2, -0.15) is 0 Å². The first-order valence-electron chi connectivity index (χ1n) is 12.7. The Morgan fingerprint density at radius 2 is 1.76 bits per heavy atom. The standard InChI is InChI=1S/C29H29Cl2N3O3/c1-18(28(36)32-21-9-3-2-4-10-21)33(16-19-13-14-23(30)24(31)15-19)26(35)17-34-25-12-6-8-20-7-5-11-22(27(20)25)29(34)37/h5-8,11-15,18,21H,2-4,9-10,16-17H2,1H3,(H,32,36)/t18-/m1/s1. The van der Waals surface area contributed by atoms with Gasteiger partial charge < -0.3 is 10.2 Å². The van der Waals surface area contributed by atoms with Gasteiger partial charge in [0.1, 0.15) is 12.6 Å². The number of amides is 3. The van der Waals surface area contributed by atoms with Crippen LogP contribution >= 0.6 is 23.2 Å². The maximum Gasteiger partial charge on any atom is 0.259 e. The third-order valence-electron chi connectivity index (χ3n) is 7.40. The Kier molecular flexibility index (Phi) is 7.40. The zero-order valence-electron chi connectivity index (χ0n) is 20.7. The molecule has 1 aliphatic heterocycles. The number of nitrogens with one attached hydrogen (secondary N) is 1. The predicted octanol–water partition coefficient (Wildman–Crippen LogP) is 5.97. The maximum atomic E-state index is 13.8. The zero-order chi connectivity index (χ0) is 26.1. The van der Waals surface area contributed by atoms with E-state index in [2.05, 4.69) is 5.32 Å². The van der Waals surface area contributed by atoms with E-state index in [0.717, 1.165) is 42.0 Å². The summed E-state index contributed by atoms with van der Waals surface area (Å²) in [6.45, 7) is 1.72. The number of carbonyl (C=O) groups is 3. The molecule has 192 valence electrons. The minimum Gasteiger partial charge on any atom is -0.352 e. The second-order valence-corrected chi connectivity index (χ2v) is 10.7. The van der Waals surface area contributed by atoms with Gasteiger partial charge in [-0.15, -0.1) is 0 Å². The molecule has 1 atom stereocenters. The van der Waals surface area contributed by atoms with E-state index in [1.54, 1.807) is 31.2 Å². The van der Waals surface area contributed by atoms with Gasteiger partial charge in [-0.05, 0) is 55.0 Å². The van der Waals surface area contributed by atoms with E-state index in [9.17, 15) is 14.4 Å². The number of nitrogens with zero attached hydrogens (tertiary/aromatic N) is 2. The summed E-state index contributed by atoms with van der Waals surface area (Å²) in [6.07, 6.45) is 5.26. The Balaban J connectivity index is 1.40. The van der Waals surface area contributed by atoms with Crippen LogP contribution in [0.4, 0.5) is 5.69 Å². The van der Waals surface area contributed by atoms with E-state index in [1.165, 1.54) is 16.2 Å². The molecule has 6 nitrogen and oxygen atoms in total. The van der Waals surface area contributed by atoms with E-state index in [4.69, 9.17) is 23.2 Å². The molecule has 0 aromatic heterocycles. The van der Waals surface area contributed by atoms with E-state index in [0.29, 0.717) is 21.3 Å². The molecule has 1 aliphatic carbocycles. The van der Waals surface area contributed by atoms with Gasteiger partial charge in [0.2, 0.25) is 11.8 Å². The van der Waals surface area contributed by atoms with Gasteiger partial charge in [-0.25, -0.2) is 0 Å². The Labute approximate surface area is 226 Å². The lowest BCUT2D eigenvalue weighted by Crippen LogP contribution is -2.52. The van der Waals surface area contributed by atoms with Crippen molar-refractivity contribution in [2.75, 3.05) is 11.4 Å². The van der Waals surface area contributed by atoms with Crippen molar-refractivity contribution in [1.82, 2.24) is 10.2 Å². The van der Waals surface area contributed by atoms with Crippen LogP contribution in [-0.4, -0.2) is 41.2 Å². The quantitative estimate of drug-likeness (QED) is 0.403. The summed E-state index contributed by atoms with van der Waals surface area (Å²) in [7, 11) is 0. The first kappa shape index (κ1) is 25.6. The second kappa shape index (κ2) is 10.7. The highest BCUT2D eigenvalue weighted by atomic mass is 35.5. The Morgan fingerprint density at radius 1 is 1.03 bits per heavy atom. The van der Waals surface area contributed by atoms with Crippen molar-refractivity contribution in [2.24, 2.45) is 0 Å². The smallest absolute Gasteiger partial charge is 0.259 e. The molecular formula is C29H29Cl2N3O3. The van der Waals surface area contributed by atoms with E-state index >= 15 is 0 Å². The van der Waals surface area contributed by atoms with Gasteiger partial charge >= 0.3 is 0 Å². The maximum absolute atomic E-state index is 13.8. The zero-order valence-corrected chi connectivity index (χ0v) is 22.2. The van der Waals surface area contributed by atoms with Crippen LogP contribution in [0.3, 0.4) is 0 Å². The minimum atomic E-state index is -0.736. The molecule has 0 spiro atoms. The lowest BCUT2D eigenvalue weighted by Gasteiger charge is -2.32. The Bertz CT molecular complexity index is 1360. The molecular weight excluding hydrogens is 509 g/mol. The summed E-state index contributed by atoms with van der Waals surface area (Å²) in [5, 5.41) is 5.73. The normalized spacial score (nSPS) is 16.2. The highest BCUT2D eigenvalue weighted by molar-refractivity contribution is 6.42. The van der Waals surface area contributed by atoms with Crippen LogP contribution in [0, 0.1) is 0 Å². The molecule has 3 amide bonds. The van der Waals surface area contributed by atoms with E-state index in [1.807, 2.05) is 30.3 Å². The molecule has 2 aliphatic rings. The van der Waals surface area contributed by atoms with Crippen molar-refractivity contribution in [3.8, 4) is 0 Å². The first-order valence-corrected chi connectivity index (χ1v) is 13.5. The van der Waals surface area contributed by atoms with Gasteiger partial charge in [0.05, 0.1) is 15.7 Å². The van der Waals surface area contributed by atoms with Crippen molar-refractivity contribution in [3.05, 3.63) is 75.8 Å². The Morgan fingerprint density at radius 3 is 2.49 bits per heavy atom. The summed E-state index contributed by atoms with van der Waals surface area (Å²) in [5.74, 6) is -0.733. The summed E-state index contributed by atoms with van der Waals surface area (Å²) < 4.78 is 0. The molecule has 0 radical (unpaired) electrons. The number of carbonyl (C=O) groups excluding carboxylic acids is 3. The van der Waals surface area contributed by atoms with Gasteiger partial charge in [0.25, 0.3) is 5.91 Å². The number of halogens is 2. The van der Waals surface area contributed by atoms with Crippen LogP contribution in [0.2, 0.25) is 10.0 Å². The summed E-state index contributed by atoms with van der Waals surface area (Å²) in [5.41, 5.74) is 2.04. The van der Waals surface area contributed by atoms with Gasteiger partial charge in [0.15, 0.2) is 0 Å². The van der Waals surface area contributed by atoms with Gasteiger partial charge in [0, 0.05) is 23.5 Å². The average molecular weight is 538 g/mol. The molecule has 0 unspecified atom stereocenters. The van der Waals surface area contributed by atoms with Crippen LogP contribution in [0.5, 0.6) is 0 Å². The molecule has 1 fully saturated rings. The van der Waals surface area contributed by atoms with E-state index in [-0.39, 0.29) is 36.9 Å². The van der Waals surface area contributed by atoms with Crippen molar-refractivity contribution in [2.45, 2.75) is 57.7 Å². The Hall–Kier alpha value is -3.09. The van der Waals surface area contributed by atoms with Crippen molar-refractivity contribution in [1.29, 1.82) is 0 Å². The SMILES string of the molecule is C[C@H](C(=O)NC1CCCCC1)N(Cc1ccc(Cl)c(Cl)c1)C(=O)CN1C(=O)c2cccc3cccc1c23. The lowest BCUT2D eigenvalue weighted by atomic mass is 9.95. The van der Waals surface area contributed by atoms with Gasteiger partial charge in [-0.1, -0.05) is 72.8 Å². The number of anilines is 1. The fourth-order valence-electron chi connectivity index (χ4n) is 5.35. The van der Waals surface area contributed by atoms with Crippen LogP contribution in [0.25, 0.3) is 10.8 Å². The number of hydrogen-bond donors (Lipinski definition) is 1. The molecule has 1 saturated carbocycles. The molecule has 0 saturated heterocycles. The largest absolute Gasteiger partial charge is 0.352 e. The topological polar surface area (TPSA) is 69.7 Å². The number of hydrogen-bond acceptors (Lipinski definition) is 3. The molecule has 5 rings (SSSR count). The third-order valence-corrected chi connectivity index (χ3v) is 8.14. The second-order valence-electron chi connectivity index (χ2n) is 9.86. The molecule has 3 aromatic carbocycles. The molecule has 1 N–H and O–H groups in total. The highest BCUT2D eigenvalue weighted by Gasteiger charge is 2.34. The fraction of sp³-hybridized carbons (Fsp3) is 0.345. The highest BCUT2D eigenvalue weighted by Crippen LogP contribution is 2.37.